The Bertz CT molecular complexity index is 641. The van der Waals surface area contributed by atoms with Crippen LogP contribution in [0.15, 0.2) is 16.6 Å². The molecule has 2 aliphatic rings. The smallest absolute Gasteiger partial charge is 0.123 e. The van der Waals surface area contributed by atoms with Gasteiger partial charge in [0, 0.05) is 21.5 Å². The van der Waals surface area contributed by atoms with Crippen LogP contribution in [0.2, 0.25) is 0 Å². The fourth-order valence-electron chi connectivity index (χ4n) is 4.20. The summed E-state index contributed by atoms with van der Waals surface area (Å²) in [4.78, 5) is 0. The summed E-state index contributed by atoms with van der Waals surface area (Å²) in [5, 5.41) is 0. The molecular weight excluding hydrogens is 584 g/mol. The minimum Gasteiger partial charge on any atom is -0.493 e. The Morgan fingerprint density at radius 3 is 1.96 bits per heavy atom. The highest BCUT2D eigenvalue weighted by molar-refractivity contribution is 9.58. The number of rotatable bonds is 10. The van der Waals surface area contributed by atoms with E-state index < -0.39 is 16.9 Å². The lowest BCUT2D eigenvalue weighted by molar-refractivity contribution is 0.302. The van der Waals surface area contributed by atoms with Gasteiger partial charge < -0.3 is 4.74 Å². The van der Waals surface area contributed by atoms with Crippen LogP contribution in [0.4, 0.5) is 0 Å². The average Bonchev–Trinajstić information content (AvgIpc) is 3.27. The van der Waals surface area contributed by atoms with Crippen molar-refractivity contribution < 1.29 is 4.74 Å². The van der Waals surface area contributed by atoms with Crippen molar-refractivity contribution >= 4 is 62.5 Å². The fourth-order valence-corrected chi connectivity index (χ4v) is 14.6. The van der Waals surface area contributed by atoms with Crippen LogP contribution >= 0.6 is 62.5 Å². The van der Waals surface area contributed by atoms with Crippen LogP contribution < -0.4 is 4.74 Å². The molecule has 3 rings (SSSR count). The van der Waals surface area contributed by atoms with Gasteiger partial charge in [-0.1, -0.05) is 42.1 Å². The Morgan fingerprint density at radius 2 is 1.39 bits per heavy atom. The molecule has 2 heterocycles. The van der Waals surface area contributed by atoms with Crippen molar-refractivity contribution in [2.75, 3.05) is 29.6 Å². The van der Waals surface area contributed by atoms with Gasteiger partial charge in [0.05, 0.1) is 6.61 Å². The first kappa shape index (κ1) is 23.8. The zero-order valence-electron chi connectivity index (χ0n) is 17.1. The molecule has 2 saturated heterocycles. The van der Waals surface area contributed by atoms with Gasteiger partial charge in [0.15, 0.2) is 0 Å². The predicted molar refractivity (Wildman–Crippen MR) is 142 cm³/mol. The lowest BCUT2D eigenvalue weighted by Crippen LogP contribution is -2.06. The van der Waals surface area contributed by atoms with Crippen LogP contribution in [0.1, 0.15) is 69.4 Å². The molecule has 1 aromatic carbocycles. The first-order valence-electron chi connectivity index (χ1n) is 10.8. The summed E-state index contributed by atoms with van der Waals surface area (Å²) < 4.78 is 7.68. The molecule has 1 nitrogen and oxygen atoms in total. The molecule has 0 aliphatic carbocycles. The van der Waals surface area contributed by atoms with Gasteiger partial charge >= 0.3 is 0 Å². The predicted octanol–water partition coefficient (Wildman–Crippen LogP) is 9.22. The van der Waals surface area contributed by atoms with Crippen LogP contribution in [-0.4, -0.2) is 29.6 Å². The van der Waals surface area contributed by atoms with E-state index in [0.717, 1.165) is 18.1 Å². The minimum absolute atomic E-state index is 0.653. The monoisotopic (exact) mass is 616 g/mol. The standard InChI is InChI=1S/C22H35Br3OS2/c1-2-3-4-5-10-26-22-16-19(17-27(24)11-6-7-12-27)21(23)15-20(22)18-28(25)13-8-9-14-28/h15-16H,2-14,17-18H2,1H3. The summed E-state index contributed by atoms with van der Waals surface area (Å²) in [5.41, 5.74) is 2.84. The van der Waals surface area contributed by atoms with Crippen molar-refractivity contribution in [2.45, 2.75) is 69.8 Å². The van der Waals surface area contributed by atoms with Crippen LogP contribution in [0, 0.1) is 0 Å². The number of halogens is 3. The van der Waals surface area contributed by atoms with E-state index >= 15 is 0 Å². The average molecular weight is 619 g/mol. The quantitative estimate of drug-likeness (QED) is 0.238. The van der Waals surface area contributed by atoms with Gasteiger partial charge in [-0.15, -0.1) is 0 Å². The highest BCUT2D eigenvalue weighted by atomic mass is 79.9. The van der Waals surface area contributed by atoms with Crippen molar-refractivity contribution in [1.29, 1.82) is 0 Å². The third-order valence-electron chi connectivity index (χ3n) is 5.85. The largest absolute Gasteiger partial charge is 0.493 e. The number of unbranched alkanes of at least 4 members (excludes halogenated alkanes) is 3. The molecule has 0 atom stereocenters. The summed E-state index contributed by atoms with van der Waals surface area (Å²) in [6.07, 6.45) is 10.5. The number of benzene rings is 1. The van der Waals surface area contributed by atoms with E-state index in [1.807, 2.05) is 0 Å². The lowest BCUT2D eigenvalue weighted by atomic mass is 10.1. The van der Waals surface area contributed by atoms with Crippen molar-refractivity contribution in [3.8, 4) is 5.75 Å². The van der Waals surface area contributed by atoms with E-state index in [4.69, 9.17) is 4.74 Å². The molecular formula is C22H35Br3OS2. The van der Waals surface area contributed by atoms with Crippen molar-refractivity contribution in [2.24, 2.45) is 0 Å². The summed E-state index contributed by atoms with van der Waals surface area (Å²) in [6.45, 7) is 3.12. The summed E-state index contributed by atoms with van der Waals surface area (Å²) in [5.74, 6) is 8.93. The highest BCUT2D eigenvalue weighted by Gasteiger charge is 2.29. The van der Waals surface area contributed by atoms with E-state index in [0.29, 0.717) is 0 Å². The maximum absolute atomic E-state index is 6.40. The maximum Gasteiger partial charge on any atom is 0.123 e. The topological polar surface area (TPSA) is 9.23 Å². The Balaban J connectivity index is 1.77. The van der Waals surface area contributed by atoms with Crippen molar-refractivity contribution in [3.05, 3.63) is 27.7 Å². The zero-order chi connectivity index (χ0) is 20.0. The molecule has 2 fully saturated rings. The second kappa shape index (κ2) is 11.2. The van der Waals surface area contributed by atoms with Gasteiger partial charge in [-0.3, -0.25) is 0 Å². The van der Waals surface area contributed by atoms with Gasteiger partial charge in [-0.2, -0.15) is 16.9 Å². The van der Waals surface area contributed by atoms with E-state index in [1.54, 1.807) is 0 Å². The van der Waals surface area contributed by atoms with E-state index in [1.165, 1.54) is 95.7 Å². The van der Waals surface area contributed by atoms with Crippen molar-refractivity contribution in [1.82, 2.24) is 0 Å². The lowest BCUT2D eigenvalue weighted by Gasteiger charge is -2.31. The molecule has 0 spiro atoms. The molecule has 2 aliphatic heterocycles. The number of hydrogen-bond donors (Lipinski definition) is 0. The molecule has 0 radical (unpaired) electrons. The first-order chi connectivity index (χ1) is 13.4. The molecule has 28 heavy (non-hydrogen) atoms. The minimum atomic E-state index is -0.675. The fraction of sp³-hybridized carbons (Fsp3) is 0.727. The van der Waals surface area contributed by atoms with Gasteiger partial charge in [-0.05, 0) is 102 Å². The summed E-state index contributed by atoms with van der Waals surface area (Å²) in [6, 6.07) is 4.76. The van der Waals surface area contributed by atoms with Crippen LogP contribution in [0.5, 0.6) is 5.75 Å². The number of ether oxygens (including phenoxy) is 1. The highest BCUT2D eigenvalue weighted by Crippen LogP contribution is 2.65. The zero-order valence-corrected chi connectivity index (χ0v) is 23.5. The van der Waals surface area contributed by atoms with Gasteiger partial charge in [-0.25, -0.2) is 0 Å². The number of hydrogen-bond acceptors (Lipinski definition) is 1. The van der Waals surface area contributed by atoms with E-state index in [-0.39, 0.29) is 0 Å². The Labute approximate surface area is 198 Å². The van der Waals surface area contributed by atoms with Crippen LogP contribution in [-0.2, 0) is 11.5 Å². The second-order valence-electron chi connectivity index (χ2n) is 8.36. The molecule has 162 valence electrons. The van der Waals surface area contributed by atoms with Crippen LogP contribution in [0.3, 0.4) is 0 Å². The molecule has 0 amide bonds. The van der Waals surface area contributed by atoms with E-state index in [2.05, 4.69) is 64.6 Å². The molecule has 1 aromatic rings. The van der Waals surface area contributed by atoms with Crippen LogP contribution in [0.25, 0.3) is 0 Å². The van der Waals surface area contributed by atoms with Gasteiger partial charge in [0.25, 0.3) is 0 Å². The SMILES string of the molecule is CCCCCCOc1cc(CS2(Br)CCCC2)c(Br)cc1CS1(Br)CCCC1. The normalized spacial score (nSPS) is 22.9. The maximum atomic E-state index is 6.40. The Kier molecular flexibility index (Phi) is 9.48. The van der Waals surface area contributed by atoms with Crippen molar-refractivity contribution in [3.63, 3.8) is 0 Å². The van der Waals surface area contributed by atoms with Gasteiger partial charge in [0.2, 0.25) is 0 Å². The molecule has 0 N–H and O–H groups in total. The molecule has 0 bridgehead atoms. The molecule has 6 heteroatoms. The molecule has 0 unspecified atom stereocenters. The Hall–Kier alpha value is 1.16. The van der Waals surface area contributed by atoms with E-state index in [9.17, 15) is 0 Å². The first-order valence-corrected chi connectivity index (χ1v) is 19.6. The molecule has 0 saturated carbocycles. The second-order valence-corrected chi connectivity index (χ2v) is 23.4. The third kappa shape index (κ3) is 6.83. The molecule has 0 aromatic heterocycles. The summed E-state index contributed by atoms with van der Waals surface area (Å²) >= 11 is 12.2. The summed E-state index contributed by atoms with van der Waals surface area (Å²) in [7, 11) is -1.33. The Morgan fingerprint density at radius 1 is 0.821 bits per heavy atom. The van der Waals surface area contributed by atoms with Gasteiger partial charge in [0.1, 0.15) is 5.75 Å². The third-order valence-corrected chi connectivity index (χ3v) is 17.6.